The number of hydrogen-bond acceptors (Lipinski definition) is 0. The van der Waals surface area contributed by atoms with Gasteiger partial charge in [0.05, 0.1) is 0 Å². The Bertz CT molecular complexity index is 754. The summed E-state index contributed by atoms with van der Waals surface area (Å²) in [5, 5.41) is 0. The highest BCUT2D eigenvalue weighted by Gasteiger charge is 2.03. The fourth-order valence-electron chi connectivity index (χ4n) is 2.92. The van der Waals surface area contributed by atoms with Gasteiger partial charge < -0.3 is 0 Å². The third-order valence-electron chi connectivity index (χ3n) is 4.20. The zero-order valence-corrected chi connectivity index (χ0v) is 17.3. The molecule has 0 saturated carbocycles. The van der Waals surface area contributed by atoms with Crippen LogP contribution in [0.3, 0.4) is 0 Å². The third kappa shape index (κ3) is 6.88. The Morgan fingerprint density at radius 1 is 0.615 bits per heavy atom. The van der Waals surface area contributed by atoms with Gasteiger partial charge in [0, 0.05) is 0 Å². The minimum absolute atomic E-state index is 1.21. The van der Waals surface area contributed by atoms with E-state index >= 15 is 0 Å². The Morgan fingerprint density at radius 2 is 1.19 bits per heavy atom. The number of aryl methyl sites for hydroxylation is 4. The first-order valence-electron chi connectivity index (χ1n) is 9.79. The average molecular weight is 347 g/mol. The first-order valence-corrected chi connectivity index (χ1v) is 9.79. The maximum atomic E-state index is 2.24. The van der Waals surface area contributed by atoms with Crippen molar-refractivity contribution in [2.24, 2.45) is 0 Å². The van der Waals surface area contributed by atoms with Gasteiger partial charge in [-0.2, -0.15) is 0 Å². The van der Waals surface area contributed by atoms with E-state index in [1.165, 1.54) is 46.2 Å². The Hall–Kier alpha value is -2.34. The van der Waals surface area contributed by atoms with Crippen LogP contribution in [0.2, 0.25) is 0 Å². The first-order chi connectivity index (χ1) is 12.6. The molecule has 3 aromatic carbocycles. The van der Waals surface area contributed by atoms with Gasteiger partial charge >= 0.3 is 0 Å². The molecule has 0 fully saturated rings. The fourth-order valence-corrected chi connectivity index (χ4v) is 2.92. The molecule has 0 unspecified atom stereocenters. The second-order valence-electron chi connectivity index (χ2n) is 6.37. The summed E-state index contributed by atoms with van der Waals surface area (Å²) >= 11 is 0. The summed E-state index contributed by atoms with van der Waals surface area (Å²) < 4.78 is 0. The normalized spacial score (nSPS) is 9.46. The van der Waals surface area contributed by atoms with Gasteiger partial charge in [-0.25, -0.2) is 0 Å². The first kappa shape index (κ1) is 21.7. The lowest BCUT2D eigenvalue weighted by Crippen LogP contribution is -1.87. The molecule has 0 bridgehead atoms. The van der Waals surface area contributed by atoms with Gasteiger partial charge in [-0.3, -0.25) is 0 Å². The molecule has 0 spiro atoms. The van der Waals surface area contributed by atoms with E-state index in [-0.39, 0.29) is 0 Å². The molecule has 0 radical (unpaired) electrons. The lowest BCUT2D eigenvalue weighted by atomic mass is 9.95. The van der Waals surface area contributed by atoms with Crippen molar-refractivity contribution >= 4 is 0 Å². The zero-order chi connectivity index (χ0) is 19.4. The lowest BCUT2D eigenvalue weighted by Gasteiger charge is -2.09. The quantitative estimate of drug-likeness (QED) is 0.451. The monoisotopic (exact) mass is 346 g/mol. The predicted molar refractivity (Wildman–Crippen MR) is 118 cm³/mol. The van der Waals surface area contributed by atoms with E-state index in [1.807, 2.05) is 13.8 Å². The highest BCUT2D eigenvalue weighted by atomic mass is 14.1. The second-order valence-corrected chi connectivity index (χ2v) is 6.37. The molecule has 3 rings (SSSR count). The van der Waals surface area contributed by atoms with Gasteiger partial charge in [-0.15, -0.1) is 0 Å². The predicted octanol–water partition coefficient (Wildman–Crippen LogP) is 7.94. The van der Waals surface area contributed by atoms with Gasteiger partial charge in [0.2, 0.25) is 0 Å². The van der Waals surface area contributed by atoms with E-state index in [4.69, 9.17) is 0 Å². The van der Waals surface area contributed by atoms with Crippen molar-refractivity contribution in [3.05, 3.63) is 95.1 Å². The molecular weight excluding hydrogens is 312 g/mol. The summed E-state index contributed by atoms with van der Waals surface area (Å²) in [5.41, 5.74) is 8.15. The molecule has 0 aliphatic rings. The lowest BCUT2D eigenvalue weighted by molar-refractivity contribution is 0.922. The SMILES string of the molecule is CC.CCCc1ccccc1.Cc1ccc(-c2ccccc2C)c(C)c1. The van der Waals surface area contributed by atoms with Crippen LogP contribution in [0.15, 0.2) is 72.8 Å². The Morgan fingerprint density at radius 3 is 1.77 bits per heavy atom. The second kappa shape index (κ2) is 12.1. The zero-order valence-electron chi connectivity index (χ0n) is 17.3. The van der Waals surface area contributed by atoms with Gasteiger partial charge in [0.15, 0.2) is 0 Å². The molecule has 0 aromatic heterocycles. The average Bonchev–Trinajstić information content (AvgIpc) is 2.66. The summed E-state index contributed by atoms with van der Waals surface area (Å²) in [6.45, 7) is 12.7. The third-order valence-corrected chi connectivity index (χ3v) is 4.20. The molecule has 3 aromatic rings. The molecule has 0 atom stereocenters. The van der Waals surface area contributed by atoms with Crippen LogP contribution in [0, 0.1) is 20.8 Å². The molecule has 0 amide bonds. The van der Waals surface area contributed by atoms with Crippen molar-refractivity contribution in [1.82, 2.24) is 0 Å². The van der Waals surface area contributed by atoms with Crippen LogP contribution < -0.4 is 0 Å². The van der Waals surface area contributed by atoms with E-state index in [0.717, 1.165) is 0 Å². The Kier molecular flexibility index (Phi) is 10.1. The summed E-state index contributed by atoms with van der Waals surface area (Å²) in [5.74, 6) is 0. The molecule has 0 saturated heterocycles. The van der Waals surface area contributed by atoms with Crippen LogP contribution in [0.5, 0.6) is 0 Å². The fraction of sp³-hybridized carbons (Fsp3) is 0.308. The molecule has 0 nitrogen and oxygen atoms in total. The number of rotatable bonds is 3. The standard InChI is InChI=1S/C15H16.C9H12.C2H6/c1-11-8-9-15(13(3)10-11)14-7-5-4-6-12(14)2;1-2-6-9-7-4-3-5-8-9;1-2/h4-10H,1-3H3;3-5,7-8H,2,6H2,1H3;1-2H3. The van der Waals surface area contributed by atoms with Crippen molar-refractivity contribution in [1.29, 1.82) is 0 Å². The minimum Gasteiger partial charge on any atom is -0.0683 e. The molecule has 138 valence electrons. The number of benzene rings is 3. The van der Waals surface area contributed by atoms with Crippen LogP contribution in [-0.4, -0.2) is 0 Å². The van der Waals surface area contributed by atoms with Crippen molar-refractivity contribution in [3.63, 3.8) is 0 Å². The summed E-state index contributed by atoms with van der Waals surface area (Å²) in [6, 6.07) is 25.7. The van der Waals surface area contributed by atoms with Gasteiger partial charge in [0.1, 0.15) is 0 Å². The summed E-state index contributed by atoms with van der Waals surface area (Å²) in [7, 11) is 0. The molecule has 0 heterocycles. The Balaban J connectivity index is 0.000000263. The van der Waals surface area contributed by atoms with Crippen molar-refractivity contribution in [2.45, 2.75) is 54.4 Å². The molecule has 0 N–H and O–H groups in total. The van der Waals surface area contributed by atoms with E-state index in [1.54, 1.807) is 0 Å². The van der Waals surface area contributed by atoms with E-state index < -0.39 is 0 Å². The smallest absolute Gasteiger partial charge is 0.0152 e. The number of hydrogen-bond donors (Lipinski definition) is 0. The molecule has 26 heavy (non-hydrogen) atoms. The molecular formula is C26H34. The molecule has 0 aliphatic heterocycles. The summed E-state index contributed by atoms with van der Waals surface area (Å²) in [4.78, 5) is 0. The van der Waals surface area contributed by atoms with Crippen LogP contribution in [0.25, 0.3) is 11.1 Å². The van der Waals surface area contributed by atoms with Crippen LogP contribution >= 0.6 is 0 Å². The molecule has 0 aliphatic carbocycles. The largest absolute Gasteiger partial charge is 0.0683 e. The van der Waals surface area contributed by atoms with Gasteiger partial charge in [0.25, 0.3) is 0 Å². The van der Waals surface area contributed by atoms with Crippen LogP contribution in [0.1, 0.15) is 49.4 Å². The van der Waals surface area contributed by atoms with Crippen LogP contribution in [0.4, 0.5) is 0 Å². The Labute approximate surface area is 160 Å². The molecule has 0 heteroatoms. The van der Waals surface area contributed by atoms with Gasteiger partial charge in [-0.05, 0) is 55.0 Å². The topological polar surface area (TPSA) is 0 Å². The van der Waals surface area contributed by atoms with Crippen molar-refractivity contribution in [2.75, 3.05) is 0 Å². The van der Waals surface area contributed by atoms with Crippen LogP contribution in [-0.2, 0) is 6.42 Å². The summed E-state index contributed by atoms with van der Waals surface area (Å²) in [6.07, 6.45) is 2.45. The maximum Gasteiger partial charge on any atom is -0.0152 e. The van der Waals surface area contributed by atoms with Crippen molar-refractivity contribution in [3.8, 4) is 11.1 Å². The van der Waals surface area contributed by atoms with Gasteiger partial charge in [-0.1, -0.05) is 106 Å². The van der Waals surface area contributed by atoms with E-state index in [9.17, 15) is 0 Å². The minimum atomic E-state index is 1.21. The maximum absolute atomic E-state index is 2.24. The highest BCUT2D eigenvalue weighted by molar-refractivity contribution is 5.70. The van der Waals surface area contributed by atoms with E-state index in [2.05, 4.69) is 100 Å². The highest BCUT2D eigenvalue weighted by Crippen LogP contribution is 2.26. The van der Waals surface area contributed by atoms with Crippen molar-refractivity contribution < 1.29 is 0 Å². The van der Waals surface area contributed by atoms with E-state index in [0.29, 0.717) is 0 Å².